The lowest BCUT2D eigenvalue weighted by molar-refractivity contribution is -0.152. The Morgan fingerprint density at radius 1 is 1.56 bits per heavy atom. The Bertz CT molecular complexity index is 341. The van der Waals surface area contributed by atoms with Gasteiger partial charge in [-0.05, 0) is 38.5 Å². The van der Waals surface area contributed by atoms with Crippen LogP contribution in [0.4, 0.5) is 0 Å². The Kier molecular flexibility index (Phi) is 4.23. The van der Waals surface area contributed by atoms with Gasteiger partial charge in [0, 0.05) is 6.61 Å². The Balaban J connectivity index is 2.03. The number of nitrogens with zero attached hydrogens (tertiary/aromatic N) is 1. The van der Waals surface area contributed by atoms with Gasteiger partial charge < -0.3 is 9.47 Å². The molecule has 1 heterocycles. The van der Waals surface area contributed by atoms with E-state index in [2.05, 4.69) is 6.07 Å². The first-order valence-electron chi connectivity index (χ1n) is 6.91. The number of rotatable bonds is 3. The molecular weight excluding hydrogens is 230 g/mol. The Morgan fingerprint density at radius 2 is 2.28 bits per heavy atom. The van der Waals surface area contributed by atoms with Crippen LogP contribution in [-0.2, 0) is 14.3 Å². The van der Waals surface area contributed by atoms with E-state index >= 15 is 0 Å². The van der Waals surface area contributed by atoms with Crippen LogP contribution in [0.2, 0.25) is 0 Å². The fourth-order valence-corrected chi connectivity index (χ4v) is 3.30. The molecule has 2 unspecified atom stereocenters. The topological polar surface area (TPSA) is 59.3 Å². The van der Waals surface area contributed by atoms with Crippen LogP contribution in [0.1, 0.15) is 45.4 Å². The van der Waals surface area contributed by atoms with E-state index in [9.17, 15) is 10.1 Å². The quantitative estimate of drug-likeness (QED) is 0.723. The lowest BCUT2D eigenvalue weighted by Gasteiger charge is -2.39. The third kappa shape index (κ3) is 2.67. The van der Waals surface area contributed by atoms with E-state index < -0.39 is 5.92 Å². The molecule has 2 fully saturated rings. The minimum absolute atomic E-state index is 0.0511. The van der Waals surface area contributed by atoms with Gasteiger partial charge in [0.2, 0.25) is 0 Å². The zero-order chi connectivity index (χ0) is 13.0. The fraction of sp³-hybridized carbons (Fsp3) is 0.857. The van der Waals surface area contributed by atoms with Gasteiger partial charge in [-0.3, -0.25) is 4.79 Å². The second-order valence-electron chi connectivity index (χ2n) is 5.35. The van der Waals surface area contributed by atoms with Crippen LogP contribution in [-0.4, -0.2) is 24.8 Å². The molecule has 2 aliphatic rings. The van der Waals surface area contributed by atoms with E-state index in [0.29, 0.717) is 13.2 Å². The highest BCUT2D eigenvalue weighted by molar-refractivity contribution is 5.75. The van der Waals surface area contributed by atoms with Crippen molar-refractivity contribution in [2.24, 2.45) is 11.8 Å². The summed E-state index contributed by atoms with van der Waals surface area (Å²) in [5.41, 5.74) is -0.0511. The number of hydrogen-bond donors (Lipinski definition) is 0. The summed E-state index contributed by atoms with van der Waals surface area (Å²) in [6.07, 6.45) is 6.17. The molecule has 2 rings (SSSR count). The molecule has 0 aromatic rings. The monoisotopic (exact) mass is 251 g/mol. The summed E-state index contributed by atoms with van der Waals surface area (Å²) in [5, 5.41) is 9.21. The molecule has 18 heavy (non-hydrogen) atoms. The van der Waals surface area contributed by atoms with Gasteiger partial charge in [0.25, 0.3) is 0 Å². The van der Waals surface area contributed by atoms with Crippen molar-refractivity contribution in [3.8, 4) is 6.07 Å². The van der Waals surface area contributed by atoms with Gasteiger partial charge in [-0.15, -0.1) is 0 Å². The first kappa shape index (κ1) is 13.4. The maximum absolute atomic E-state index is 11.8. The van der Waals surface area contributed by atoms with Crippen LogP contribution in [0.3, 0.4) is 0 Å². The van der Waals surface area contributed by atoms with Crippen LogP contribution in [0, 0.1) is 23.2 Å². The van der Waals surface area contributed by atoms with E-state index in [0.717, 1.165) is 25.7 Å². The Morgan fingerprint density at radius 3 is 2.89 bits per heavy atom. The number of nitriles is 1. The molecule has 0 aromatic heterocycles. The third-order valence-electron chi connectivity index (χ3n) is 4.20. The van der Waals surface area contributed by atoms with Gasteiger partial charge in [0.15, 0.2) is 0 Å². The first-order chi connectivity index (χ1) is 8.71. The number of hydrogen-bond acceptors (Lipinski definition) is 4. The predicted molar refractivity (Wildman–Crippen MR) is 65.6 cm³/mol. The molecule has 1 aliphatic carbocycles. The maximum Gasteiger partial charge on any atom is 0.323 e. The number of carbonyl (C=O) groups is 1. The van der Waals surface area contributed by atoms with E-state index in [1.165, 1.54) is 12.8 Å². The Labute approximate surface area is 108 Å². The zero-order valence-electron chi connectivity index (χ0n) is 11.0. The van der Waals surface area contributed by atoms with Crippen LogP contribution in [0.15, 0.2) is 0 Å². The van der Waals surface area contributed by atoms with Gasteiger partial charge in [-0.2, -0.15) is 5.26 Å². The number of carbonyl (C=O) groups excluding carboxylic acids is 1. The van der Waals surface area contributed by atoms with Crippen molar-refractivity contribution in [2.45, 2.75) is 51.0 Å². The highest BCUT2D eigenvalue weighted by Crippen LogP contribution is 2.44. The van der Waals surface area contributed by atoms with Crippen LogP contribution in [0.25, 0.3) is 0 Å². The SMILES string of the molecule is CCOC(=O)C(C#N)C1CCOC2(CCCC2)C1. The fourth-order valence-electron chi connectivity index (χ4n) is 3.30. The maximum atomic E-state index is 11.8. The summed E-state index contributed by atoms with van der Waals surface area (Å²) in [4.78, 5) is 11.8. The molecule has 1 saturated heterocycles. The van der Waals surface area contributed by atoms with Crippen LogP contribution >= 0.6 is 0 Å². The molecule has 0 radical (unpaired) electrons. The zero-order valence-corrected chi connectivity index (χ0v) is 11.0. The third-order valence-corrected chi connectivity index (χ3v) is 4.20. The van der Waals surface area contributed by atoms with Crippen molar-refractivity contribution in [3.05, 3.63) is 0 Å². The van der Waals surface area contributed by atoms with Gasteiger partial charge in [0.05, 0.1) is 18.3 Å². The highest BCUT2D eigenvalue weighted by atomic mass is 16.5. The molecule has 100 valence electrons. The molecule has 1 spiro atoms. The summed E-state index contributed by atoms with van der Waals surface area (Å²) in [7, 11) is 0. The highest BCUT2D eigenvalue weighted by Gasteiger charge is 2.44. The summed E-state index contributed by atoms with van der Waals surface area (Å²) >= 11 is 0. The van der Waals surface area contributed by atoms with Gasteiger partial charge in [-0.25, -0.2) is 0 Å². The summed E-state index contributed by atoms with van der Waals surface area (Å²) in [5.74, 6) is -0.882. The van der Waals surface area contributed by atoms with Gasteiger partial charge in [-0.1, -0.05) is 12.8 Å². The van der Waals surface area contributed by atoms with E-state index in [1.54, 1.807) is 6.92 Å². The molecule has 4 nitrogen and oxygen atoms in total. The molecule has 0 N–H and O–H groups in total. The summed E-state index contributed by atoms with van der Waals surface area (Å²) in [6.45, 7) is 2.78. The molecule has 2 atom stereocenters. The van der Waals surface area contributed by atoms with E-state index in [1.807, 2.05) is 0 Å². The standard InChI is InChI=1S/C14H21NO3/c1-2-17-13(16)12(10-15)11-5-8-18-14(9-11)6-3-4-7-14/h11-12H,2-9H2,1H3. The van der Waals surface area contributed by atoms with Crippen LogP contribution < -0.4 is 0 Å². The van der Waals surface area contributed by atoms with Gasteiger partial charge in [0.1, 0.15) is 5.92 Å². The van der Waals surface area contributed by atoms with Crippen molar-refractivity contribution < 1.29 is 14.3 Å². The molecule has 1 saturated carbocycles. The molecular formula is C14H21NO3. The molecule has 0 bridgehead atoms. The first-order valence-corrected chi connectivity index (χ1v) is 6.91. The lowest BCUT2D eigenvalue weighted by atomic mass is 9.78. The summed E-state index contributed by atoms with van der Waals surface area (Å²) in [6, 6.07) is 2.13. The van der Waals surface area contributed by atoms with E-state index in [-0.39, 0.29) is 17.5 Å². The van der Waals surface area contributed by atoms with Crippen molar-refractivity contribution in [2.75, 3.05) is 13.2 Å². The average Bonchev–Trinajstić information content (AvgIpc) is 2.79. The number of ether oxygens (including phenoxy) is 2. The van der Waals surface area contributed by atoms with Crippen molar-refractivity contribution in [1.82, 2.24) is 0 Å². The number of esters is 1. The smallest absolute Gasteiger partial charge is 0.323 e. The predicted octanol–water partition coefficient (Wildman–Crippen LogP) is 2.43. The Hall–Kier alpha value is -1.08. The lowest BCUT2D eigenvalue weighted by Crippen LogP contribution is -2.41. The average molecular weight is 251 g/mol. The second kappa shape index (κ2) is 5.71. The summed E-state index contributed by atoms with van der Waals surface area (Å²) < 4.78 is 10.9. The molecule has 0 aromatic carbocycles. The van der Waals surface area contributed by atoms with Crippen molar-refractivity contribution in [1.29, 1.82) is 5.26 Å². The molecule has 0 amide bonds. The van der Waals surface area contributed by atoms with Crippen molar-refractivity contribution in [3.63, 3.8) is 0 Å². The van der Waals surface area contributed by atoms with Crippen LogP contribution in [0.5, 0.6) is 0 Å². The normalized spacial score (nSPS) is 27.7. The largest absolute Gasteiger partial charge is 0.465 e. The molecule has 1 aliphatic heterocycles. The van der Waals surface area contributed by atoms with Gasteiger partial charge >= 0.3 is 5.97 Å². The molecule has 4 heteroatoms. The van der Waals surface area contributed by atoms with Crippen molar-refractivity contribution >= 4 is 5.97 Å². The minimum atomic E-state index is -0.619. The van der Waals surface area contributed by atoms with E-state index in [4.69, 9.17) is 9.47 Å². The second-order valence-corrected chi connectivity index (χ2v) is 5.35. The minimum Gasteiger partial charge on any atom is -0.465 e.